The second-order valence-electron chi connectivity index (χ2n) is 2.42. The molecule has 0 fully saturated rings. The molecule has 0 heterocycles. The Bertz CT molecular complexity index is 69.3. The van der Waals surface area contributed by atoms with Crippen molar-refractivity contribution in [2.24, 2.45) is 5.92 Å². The Morgan fingerprint density at radius 2 is 2.22 bits per heavy atom. The van der Waals surface area contributed by atoms with Crippen molar-refractivity contribution in [2.45, 2.75) is 20.3 Å². The molecule has 0 saturated heterocycles. The zero-order valence-corrected chi connectivity index (χ0v) is 7.73. The van der Waals surface area contributed by atoms with E-state index in [-0.39, 0.29) is 0 Å². The van der Waals surface area contributed by atoms with Crippen molar-refractivity contribution in [3.8, 4) is 0 Å². The van der Waals surface area contributed by atoms with Crippen LogP contribution in [0.1, 0.15) is 20.3 Å². The average Bonchev–Trinajstić information content (AvgIpc) is 1.80. The van der Waals surface area contributed by atoms with Gasteiger partial charge in [0.05, 0.1) is 0 Å². The Morgan fingerprint density at radius 3 is 2.67 bits per heavy atom. The summed E-state index contributed by atoms with van der Waals surface area (Å²) in [4.78, 5) is 0. The van der Waals surface area contributed by atoms with Crippen molar-refractivity contribution in [3.05, 3.63) is 0 Å². The van der Waals surface area contributed by atoms with Gasteiger partial charge in [-0.25, -0.2) is 0 Å². The van der Waals surface area contributed by atoms with Crippen LogP contribution in [0.2, 0.25) is 0 Å². The van der Waals surface area contributed by atoms with Crippen LogP contribution < -0.4 is 0 Å². The summed E-state index contributed by atoms with van der Waals surface area (Å²) in [5.41, 5.74) is 0. The predicted molar refractivity (Wildman–Crippen MR) is 50.4 cm³/mol. The van der Waals surface area contributed by atoms with Gasteiger partial charge in [0.25, 0.3) is 0 Å². The van der Waals surface area contributed by atoms with Crippen LogP contribution in [0.3, 0.4) is 0 Å². The molecule has 0 N–H and O–H groups in total. The van der Waals surface area contributed by atoms with Crippen molar-refractivity contribution < 1.29 is 0 Å². The minimum Gasteiger partial charge on any atom is -0.161 e. The van der Waals surface area contributed by atoms with Crippen molar-refractivity contribution >= 4 is 29.3 Å². The first kappa shape index (κ1) is 9.44. The Balaban J connectivity index is 2.82. The lowest BCUT2D eigenvalue weighted by Crippen LogP contribution is -1.91. The third-order valence-electron chi connectivity index (χ3n) is 0.831. The van der Waals surface area contributed by atoms with Gasteiger partial charge >= 0.3 is 0 Å². The van der Waals surface area contributed by atoms with Gasteiger partial charge in [0.2, 0.25) is 0 Å². The molecule has 0 saturated carbocycles. The Hall–Kier alpha value is 0.440. The highest BCUT2D eigenvalue weighted by Crippen LogP contribution is 2.07. The molecular formula is C7H14S2. The van der Waals surface area contributed by atoms with Crippen LogP contribution in [0, 0.1) is 5.92 Å². The monoisotopic (exact) mass is 162 g/mol. The van der Waals surface area contributed by atoms with Gasteiger partial charge in [-0.2, -0.15) is 11.8 Å². The minimum atomic E-state index is 0.820. The van der Waals surface area contributed by atoms with Gasteiger partial charge in [-0.1, -0.05) is 26.1 Å². The molecular weight excluding hydrogens is 148 g/mol. The standard InChI is InChI=1S/C7H14S2/c1-7(2)6-9-5-3-4-8/h4,7H,3,5-6H2,1-2H3. The molecule has 2 heteroatoms. The first-order valence-corrected chi connectivity index (χ1v) is 4.91. The van der Waals surface area contributed by atoms with Gasteiger partial charge in [-0.15, -0.1) is 0 Å². The summed E-state index contributed by atoms with van der Waals surface area (Å²) < 4.78 is 0. The third kappa shape index (κ3) is 8.44. The Morgan fingerprint density at radius 1 is 1.56 bits per heavy atom. The molecule has 0 rings (SSSR count). The predicted octanol–water partition coefficient (Wildman–Crippen LogP) is 2.77. The summed E-state index contributed by atoms with van der Waals surface area (Å²) >= 11 is 6.68. The van der Waals surface area contributed by atoms with Gasteiger partial charge in [0.1, 0.15) is 0 Å². The molecule has 54 valence electrons. The smallest absolute Gasteiger partial charge is 0.00246 e. The number of thioether (sulfide) groups is 1. The molecule has 0 bridgehead atoms. The fourth-order valence-electron chi connectivity index (χ4n) is 0.450. The summed E-state index contributed by atoms with van der Waals surface area (Å²) in [6, 6.07) is 0. The molecule has 0 nitrogen and oxygen atoms in total. The van der Waals surface area contributed by atoms with Crippen molar-refractivity contribution in [3.63, 3.8) is 0 Å². The van der Waals surface area contributed by atoms with Crippen molar-refractivity contribution in [2.75, 3.05) is 11.5 Å². The van der Waals surface area contributed by atoms with Crippen LogP contribution in [-0.2, 0) is 0 Å². The van der Waals surface area contributed by atoms with Gasteiger partial charge in [0, 0.05) is 0 Å². The van der Waals surface area contributed by atoms with Crippen LogP contribution in [0.5, 0.6) is 0 Å². The van der Waals surface area contributed by atoms with E-state index < -0.39 is 0 Å². The molecule has 0 atom stereocenters. The largest absolute Gasteiger partial charge is 0.161 e. The lowest BCUT2D eigenvalue weighted by atomic mass is 10.3. The maximum atomic E-state index is 4.69. The molecule has 0 aromatic rings. The van der Waals surface area contributed by atoms with Gasteiger partial charge < -0.3 is 0 Å². The van der Waals surface area contributed by atoms with E-state index in [1.165, 1.54) is 11.5 Å². The topological polar surface area (TPSA) is 0 Å². The van der Waals surface area contributed by atoms with E-state index in [2.05, 4.69) is 13.8 Å². The number of hydrogen-bond acceptors (Lipinski definition) is 2. The molecule has 0 radical (unpaired) electrons. The minimum absolute atomic E-state index is 0.820. The maximum absolute atomic E-state index is 4.69. The van der Waals surface area contributed by atoms with Gasteiger partial charge in [0.15, 0.2) is 0 Å². The first-order chi connectivity index (χ1) is 4.27. The number of rotatable bonds is 5. The highest BCUT2D eigenvalue weighted by Gasteiger charge is 1.91. The van der Waals surface area contributed by atoms with Crippen molar-refractivity contribution in [1.82, 2.24) is 0 Å². The summed E-state index contributed by atoms with van der Waals surface area (Å²) in [6.07, 6.45) is 1.08. The van der Waals surface area contributed by atoms with Crippen LogP contribution in [0.15, 0.2) is 0 Å². The van der Waals surface area contributed by atoms with Crippen molar-refractivity contribution in [1.29, 1.82) is 0 Å². The summed E-state index contributed by atoms with van der Waals surface area (Å²) in [6.45, 7) is 4.48. The average molecular weight is 162 g/mol. The Kier molecular flexibility index (Phi) is 6.88. The summed E-state index contributed by atoms with van der Waals surface area (Å²) in [7, 11) is 0. The van der Waals surface area contributed by atoms with Gasteiger partial charge in [-0.3, -0.25) is 0 Å². The molecule has 0 unspecified atom stereocenters. The third-order valence-corrected chi connectivity index (χ3v) is 2.49. The lowest BCUT2D eigenvalue weighted by molar-refractivity contribution is 0.750. The van der Waals surface area contributed by atoms with E-state index in [4.69, 9.17) is 12.2 Å². The summed E-state index contributed by atoms with van der Waals surface area (Å²) in [5, 5.41) is 1.81. The SMILES string of the molecule is CC(C)CSCCC=S. The summed E-state index contributed by atoms with van der Waals surface area (Å²) in [5.74, 6) is 3.28. The van der Waals surface area contributed by atoms with E-state index in [1.807, 2.05) is 17.1 Å². The molecule has 9 heavy (non-hydrogen) atoms. The van der Waals surface area contributed by atoms with Gasteiger partial charge in [-0.05, 0) is 29.2 Å². The molecule has 0 aliphatic rings. The highest BCUT2D eigenvalue weighted by atomic mass is 32.2. The maximum Gasteiger partial charge on any atom is -0.00246 e. The number of thiocarbonyl (C=S) groups is 1. The second kappa shape index (κ2) is 6.56. The van der Waals surface area contributed by atoms with Crippen LogP contribution >= 0.6 is 24.0 Å². The number of hydrogen-bond donors (Lipinski definition) is 0. The molecule has 0 aliphatic heterocycles. The fraction of sp³-hybridized carbons (Fsp3) is 0.857. The highest BCUT2D eigenvalue weighted by molar-refractivity contribution is 7.99. The lowest BCUT2D eigenvalue weighted by Gasteiger charge is -2.00. The molecule has 0 aromatic carbocycles. The molecule has 0 spiro atoms. The van der Waals surface area contributed by atoms with E-state index in [0.717, 1.165) is 12.3 Å². The van der Waals surface area contributed by atoms with Crippen LogP contribution in [0.25, 0.3) is 0 Å². The van der Waals surface area contributed by atoms with E-state index >= 15 is 0 Å². The zero-order valence-electron chi connectivity index (χ0n) is 6.09. The Labute approximate surface area is 67.4 Å². The zero-order chi connectivity index (χ0) is 7.11. The second-order valence-corrected chi connectivity index (χ2v) is 3.91. The molecule has 0 aliphatic carbocycles. The molecule has 0 amide bonds. The first-order valence-electron chi connectivity index (χ1n) is 3.28. The van der Waals surface area contributed by atoms with E-state index in [0.29, 0.717) is 0 Å². The fourth-order valence-corrected chi connectivity index (χ4v) is 1.64. The molecule has 0 aromatic heterocycles. The van der Waals surface area contributed by atoms with E-state index in [1.54, 1.807) is 0 Å². The van der Waals surface area contributed by atoms with Crippen LogP contribution in [-0.4, -0.2) is 16.9 Å². The van der Waals surface area contributed by atoms with Crippen LogP contribution in [0.4, 0.5) is 0 Å². The van der Waals surface area contributed by atoms with E-state index in [9.17, 15) is 0 Å². The quantitative estimate of drug-likeness (QED) is 0.450. The normalized spacial score (nSPS) is 10.1.